The van der Waals surface area contributed by atoms with Gasteiger partial charge in [-0.1, -0.05) is 54.3 Å². The summed E-state index contributed by atoms with van der Waals surface area (Å²) in [5, 5.41) is 19.1. The molecule has 1 aromatic carbocycles. The molecule has 0 saturated carbocycles. The Kier molecular flexibility index (Phi) is 8.49. The van der Waals surface area contributed by atoms with Crippen LogP contribution in [0.15, 0.2) is 40.0 Å². The van der Waals surface area contributed by atoms with Crippen LogP contribution in [0, 0.1) is 18.3 Å². The predicted molar refractivity (Wildman–Crippen MR) is 151 cm³/mol. The lowest BCUT2D eigenvalue weighted by Crippen LogP contribution is -2.49. The highest BCUT2D eigenvalue weighted by Gasteiger charge is 2.37. The van der Waals surface area contributed by atoms with E-state index in [1.54, 1.807) is 22.5 Å². The number of amides is 1. The molecule has 8 nitrogen and oxygen atoms in total. The van der Waals surface area contributed by atoms with Crippen LogP contribution in [-0.4, -0.2) is 69.0 Å². The number of benzene rings is 1. The number of pyridine rings is 1. The van der Waals surface area contributed by atoms with Crippen LogP contribution in [0.25, 0.3) is 6.08 Å². The molecular weight excluding hydrogens is 506 g/mol. The zero-order valence-electron chi connectivity index (χ0n) is 21.3. The Morgan fingerprint density at radius 3 is 2.46 bits per heavy atom. The average Bonchev–Trinajstić information content (AvgIpc) is 3.18. The number of thioether (sulfide) groups is 1. The molecule has 2 aliphatic heterocycles. The minimum atomic E-state index is -0.322. The van der Waals surface area contributed by atoms with E-state index in [4.69, 9.17) is 12.2 Å². The average molecular weight is 538 g/mol. The van der Waals surface area contributed by atoms with Crippen molar-refractivity contribution in [3.8, 4) is 6.07 Å². The molecule has 0 aliphatic carbocycles. The number of thiocarbonyl (C=S) groups is 1. The number of piperazine rings is 1. The van der Waals surface area contributed by atoms with E-state index in [2.05, 4.69) is 15.9 Å². The second-order valence-electron chi connectivity index (χ2n) is 9.09. The molecule has 2 aromatic rings. The number of aliphatic hydroxyl groups is 1. The fourth-order valence-electron chi connectivity index (χ4n) is 4.93. The van der Waals surface area contributed by atoms with Crippen molar-refractivity contribution in [2.45, 2.75) is 33.4 Å². The third-order valence-corrected chi connectivity index (χ3v) is 8.35. The van der Waals surface area contributed by atoms with Crippen LogP contribution in [0.2, 0.25) is 0 Å². The lowest BCUT2D eigenvalue weighted by Gasteiger charge is -2.38. The van der Waals surface area contributed by atoms with Gasteiger partial charge < -0.3 is 10.0 Å². The molecule has 1 atom stereocenters. The fourth-order valence-corrected chi connectivity index (χ4v) is 6.33. The van der Waals surface area contributed by atoms with Gasteiger partial charge in [0.15, 0.2) is 0 Å². The monoisotopic (exact) mass is 537 g/mol. The number of nitrogens with zero attached hydrogens (tertiary/aromatic N) is 5. The van der Waals surface area contributed by atoms with E-state index in [1.807, 2.05) is 44.2 Å². The molecule has 0 radical (unpaired) electrons. The molecule has 1 amide bonds. The van der Waals surface area contributed by atoms with Crippen LogP contribution >= 0.6 is 24.0 Å². The summed E-state index contributed by atoms with van der Waals surface area (Å²) in [4.78, 5) is 33.3. The van der Waals surface area contributed by atoms with Crippen molar-refractivity contribution in [1.29, 1.82) is 5.26 Å². The normalized spacial score (nSPS) is 18.5. The van der Waals surface area contributed by atoms with E-state index >= 15 is 0 Å². The molecular formula is C27H31N5O3S2. The Morgan fingerprint density at radius 2 is 1.86 bits per heavy atom. The minimum absolute atomic E-state index is 0.0869. The van der Waals surface area contributed by atoms with Gasteiger partial charge in [0.05, 0.1) is 17.6 Å². The molecule has 3 heterocycles. The maximum Gasteiger partial charge on any atom is 0.270 e. The number of hydrogen-bond acceptors (Lipinski definition) is 8. The molecule has 194 valence electrons. The number of rotatable bonds is 7. The minimum Gasteiger partial charge on any atom is -0.395 e. The van der Waals surface area contributed by atoms with Crippen LogP contribution in [0.1, 0.15) is 42.1 Å². The first kappa shape index (κ1) is 27.1. The van der Waals surface area contributed by atoms with Crippen LogP contribution < -0.4 is 10.5 Å². The second kappa shape index (κ2) is 11.6. The highest BCUT2D eigenvalue weighted by atomic mass is 32.2. The van der Waals surface area contributed by atoms with Gasteiger partial charge in [-0.2, -0.15) is 5.26 Å². The predicted octanol–water partition coefficient (Wildman–Crippen LogP) is 3.13. The molecule has 1 N–H and O–H groups in total. The van der Waals surface area contributed by atoms with Gasteiger partial charge in [-0.25, -0.2) is 0 Å². The van der Waals surface area contributed by atoms with Crippen molar-refractivity contribution in [3.63, 3.8) is 0 Å². The van der Waals surface area contributed by atoms with E-state index in [9.17, 15) is 20.0 Å². The van der Waals surface area contributed by atoms with Crippen LogP contribution in [0.5, 0.6) is 0 Å². The van der Waals surface area contributed by atoms with Crippen LogP contribution in [-0.2, 0) is 11.3 Å². The van der Waals surface area contributed by atoms with E-state index in [-0.39, 0.29) is 29.7 Å². The Labute approximate surface area is 226 Å². The first-order valence-corrected chi connectivity index (χ1v) is 13.6. The maximum absolute atomic E-state index is 13.6. The SMILES string of the molecule is CCn1c(N2CCN(CCO)CC2)c(C=C2SC(=S)N(C(C)c3ccccc3)C2=O)c(C)c(C#N)c1=O. The zero-order chi connectivity index (χ0) is 26.7. The number of anilines is 1. The number of β-amino-alcohol motifs (C(OH)–C–C–N with tert-alkyl or cyclic N) is 1. The lowest BCUT2D eigenvalue weighted by molar-refractivity contribution is -0.123. The van der Waals surface area contributed by atoms with E-state index in [1.165, 1.54) is 11.8 Å². The fraction of sp³-hybridized carbons (Fsp3) is 0.407. The molecule has 2 saturated heterocycles. The van der Waals surface area contributed by atoms with E-state index in [0.29, 0.717) is 52.3 Å². The molecule has 0 bridgehead atoms. The summed E-state index contributed by atoms with van der Waals surface area (Å²) >= 11 is 6.86. The summed E-state index contributed by atoms with van der Waals surface area (Å²) < 4.78 is 2.11. The third-order valence-electron chi connectivity index (χ3n) is 7.02. The van der Waals surface area contributed by atoms with Crippen LogP contribution in [0.4, 0.5) is 5.82 Å². The quantitative estimate of drug-likeness (QED) is 0.426. The Morgan fingerprint density at radius 1 is 1.19 bits per heavy atom. The van der Waals surface area contributed by atoms with Gasteiger partial charge in [-0.3, -0.25) is 24.0 Å². The topological polar surface area (TPSA) is 92.8 Å². The molecule has 2 aliphatic rings. The Balaban J connectivity index is 1.79. The summed E-state index contributed by atoms with van der Waals surface area (Å²) in [6, 6.07) is 11.6. The maximum atomic E-state index is 13.6. The van der Waals surface area contributed by atoms with Crippen LogP contribution in [0.3, 0.4) is 0 Å². The van der Waals surface area contributed by atoms with Crippen molar-refractivity contribution < 1.29 is 9.90 Å². The number of aliphatic hydroxyl groups excluding tert-OH is 1. The largest absolute Gasteiger partial charge is 0.395 e. The Hall–Kier alpha value is -2.97. The van der Waals surface area contributed by atoms with Crippen molar-refractivity contribution in [3.05, 3.63) is 67.8 Å². The Bertz CT molecular complexity index is 1320. The lowest BCUT2D eigenvalue weighted by atomic mass is 10.0. The van der Waals surface area contributed by atoms with Gasteiger partial charge in [0.25, 0.3) is 11.5 Å². The van der Waals surface area contributed by atoms with Gasteiger partial charge >= 0.3 is 0 Å². The summed E-state index contributed by atoms with van der Waals surface area (Å²) in [5.74, 6) is 0.534. The van der Waals surface area contributed by atoms with Gasteiger partial charge in [-0.15, -0.1) is 0 Å². The first-order valence-electron chi connectivity index (χ1n) is 12.4. The number of nitriles is 1. The van der Waals surface area contributed by atoms with Gasteiger partial charge in [0, 0.05) is 44.8 Å². The molecule has 10 heteroatoms. The van der Waals surface area contributed by atoms with Gasteiger partial charge in [0.2, 0.25) is 0 Å². The van der Waals surface area contributed by atoms with Crippen molar-refractivity contribution >= 4 is 46.1 Å². The summed E-state index contributed by atoms with van der Waals surface area (Å²) in [5.41, 5.74) is 2.01. The summed E-state index contributed by atoms with van der Waals surface area (Å²) in [6.07, 6.45) is 1.80. The molecule has 4 rings (SSSR count). The number of carbonyl (C=O) groups is 1. The number of aromatic nitrogens is 1. The van der Waals surface area contributed by atoms with Gasteiger partial charge in [-0.05, 0) is 38.0 Å². The molecule has 1 unspecified atom stereocenters. The van der Waals surface area contributed by atoms with E-state index in [0.717, 1.165) is 18.7 Å². The molecule has 2 fully saturated rings. The third kappa shape index (κ3) is 5.22. The second-order valence-corrected chi connectivity index (χ2v) is 10.8. The van der Waals surface area contributed by atoms with Crippen molar-refractivity contribution in [1.82, 2.24) is 14.4 Å². The van der Waals surface area contributed by atoms with E-state index < -0.39 is 0 Å². The molecule has 0 spiro atoms. The highest BCUT2D eigenvalue weighted by Crippen LogP contribution is 2.39. The summed E-state index contributed by atoms with van der Waals surface area (Å²) in [7, 11) is 0. The highest BCUT2D eigenvalue weighted by molar-refractivity contribution is 8.26. The standard InChI is InChI=1S/C27H31N5O3S2/c1-4-31-24(30-12-10-29(11-13-30)14-15-33)21(18(2)22(17-28)25(31)34)16-23-26(35)32(27(36)37-23)19(3)20-8-6-5-7-9-20/h5-9,16,19,33H,4,10-15H2,1-3H3. The molecule has 1 aromatic heterocycles. The van der Waals surface area contributed by atoms with Gasteiger partial charge in [0.1, 0.15) is 21.8 Å². The number of hydrogen-bond donors (Lipinski definition) is 1. The smallest absolute Gasteiger partial charge is 0.270 e. The zero-order valence-corrected chi connectivity index (χ0v) is 22.9. The summed E-state index contributed by atoms with van der Waals surface area (Å²) in [6.45, 7) is 9.53. The number of carbonyl (C=O) groups excluding carboxylic acids is 1. The molecule has 37 heavy (non-hydrogen) atoms. The first-order chi connectivity index (χ1) is 17.8. The van der Waals surface area contributed by atoms with Crippen molar-refractivity contribution in [2.75, 3.05) is 44.2 Å². The van der Waals surface area contributed by atoms with Crippen molar-refractivity contribution in [2.24, 2.45) is 0 Å².